The molecular formula is C20H25N5O2. The molecule has 1 saturated heterocycles. The number of anilines is 1. The number of hydrogen-bond donors (Lipinski definition) is 0. The summed E-state index contributed by atoms with van der Waals surface area (Å²) in [4.78, 5) is 26.8. The Morgan fingerprint density at radius 2 is 1.89 bits per heavy atom. The molecule has 7 nitrogen and oxygen atoms in total. The molecule has 0 radical (unpaired) electrons. The van der Waals surface area contributed by atoms with Gasteiger partial charge >= 0.3 is 0 Å². The van der Waals surface area contributed by atoms with Gasteiger partial charge in [-0.25, -0.2) is 5.01 Å². The molecule has 1 unspecified atom stereocenters. The third-order valence-corrected chi connectivity index (χ3v) is 5.39. The monoisotopic (exact) mass is 367 g/mol. The average Bonchev–Trinajstić information content (AvgIpc) is 3.11. The van der Waals surface area contributed by atoms with Crippen LogP contribution in [0.25, 0.3) is 0 Å². The van der Waals surface area contributed by atoms with Gasteiger partial charge in [-0.2, -0.15) is 5.10 Å². The third-order valence-electron chi connectivity index (χ3n) is 5.39. The lowest BCUT2D eigenvalue weighted by molar-refractivity contribution is -0.130. The molecule has 1 aromatic carbocycles. The van der Waals surface area contributed by atoms with Crippen LogP contribution in [0.3, 0.4) is 0 Å². The van der Waals surface area contributed by atoms with E-state index in [-0.39, 0.29) is 17.9 Å². The molecular weight excluding hydrogens is 342 g/mol. The molecule has 2 aliphatic heterocycles. The summed E-state index contributed by atoms with van der Waals surface area (Å²) in [7, 11) is 0. The van der Waals surface area contributed by atoms with E-state index in [1.807, 2.05) is 46.1 Å². The highest BCUT2D eigenvalue weighted by molar-refractivity contribution is 5.93. The molecule has 2 aliphatic rings. The summed E-state index contributed by atoms with van der Waals surface area (Å²) in [6.07, 6.45) is 2.02. The van der Waals surface area contributed by atoms with Crippen LogP contribution in [0.4, 0.5) is 5.69 Å². The molecule has 7 heteroatoms. The number of hydrazine groups is 1. The zero-order chi connectivity index (χ0) is 19.0. The van der Waals surface area contributed by atoms with E-state index in [0.717, 1.165) is 30.8 Å². The summed E-state index contributed by atoms with van der Waals surface area (Å²) >= 11 is 0. The minimum Gasteiger partial charge on any atom is -0.335 e. The molecule has 1 fully saturated rings. The van der Waals surface area contributed by atoms with Crippen LogP contribution in [0.2, 0.25) is 0 Å². The van der Waals surface area contributed by atoms with E-state index in [2.05, 4.69) is 17.0 Å². The lowest BCUT2D eigenvalue weighted by Crippen LogP contribution is -2.55. The Balaban J connectivity index is 1.62. The van der Waals surface area contributed by atoms with E-state index in [1.165, 1.54) is 0 Å². The quantitative estimate of drug-likeness (QED) is 0.817. The highest BCUT2D eigenvalue weighted by atomic mass is 16.2. The Labute approximate surface area is 159 Å². The van der Waals surface area contributed by atoms with Crippen molar-refractivity contribution in [3.8, 4) is 0 Å². The predicted octanol–water partition coefficient (Wildman–Crippen LogP) is 2.29. The summed E-state index contributed by atoms with van der Waals surface area (Å²) < 4.78 is 1.86. The van der Waals surface area contributed by atoms with E-state index >= 15 is 0 Å². The van der Waals surface area contributed by atoms with Crippen molar-refractivity contribution in [1.29, 1.82) is 0 Å². The molecule has 1 aromatic heterocycles. The number of aromatic nitrogens is 2. The second kappa shape index (κ2) is 7.06. The first-order valence-corrected chi connectivity index (χ1v) is 9.53. The molecule has 0 N–H and O–H groups in total. The minimum absolute atomic E-state index is 0.0511. The number of rotatable bonds is 2. The first-order valence-electron chi connectivity index (χ1n) is 9.53. The number of nitrogens with zero attached hydrogens (tertiary/aromatic N) is 5. The molecule has 2 amide bonds. The van der Waals surface area contributed by atoms with E-state index in [1.54, 1.807) is 11.8 Å². The minimum atomic E-state index is -0.0812. The standard InChI is InChI=1S/C20H25N5O2/c1-15-7-6-10-24(17-8-4-3-5-9-17)25(15)20(27)19-13-18-14-22(16(2)26)11-12-23(18)21-19/h3-5,8-9,13,15H,6-7,10-12,14H2,1-2H3. The van der Waals surface area contributed by atoms with Gasteiger partial charge in [-0.15, -0.1) is 0 Å². The van der Waals surface area contributed by atoms with Gasteiger partial charge < -0.3 is 4.90 Å². The number of carbonyl (C=O) groups is 2. The van der Waals surface area contributed by atoms with Gasteiger partial charge in [0.05, 0.1) is 30.5 Å². The van der Waals surface area contributed by atoms with Gasteiger partial charge in [0, 0.05) is 20.0 Å². The zero-order valence-electron chi connectivity index (χ0n) is 15.8. The number of fused-ring (bicyclic) bond motifs is 1. The largest absolute Gasteiger partial charge is 0.335 e. The van der Waals surface area contributed by atoms with Gasteiger partial charge in [0.15, 0.2) is 5.69 Å². The van der Waals surface area contributed by atoms with E-state index in [4.69, 9.17) is 0 Å². The van der Waals surface area contributed by atoms with Crippen LogP contribution in [-0.4, -0.2) is 50.6 Å². The van der Waals surface area contributed by atoms with E-state index < -0.39 is 0 Å². The zero-order valence-corrected chi connectivity index (χ0v) is 15.8. The van der Waals surface area contributed by atoms with Crippen molar-refractivity contribution in [2.75, 3.05) is 18.1 Å². The number of benzene rings is 1. The Hall–Kier alpha value is -2.83. The molecule has 0 saturated carbocycles. The van der Waals surface area contributed by atoms with E-state index in [0.29, 0.717) is 25.3 Å². The summed E-state index contributed by atoms with van der Waals surface area (Å²) in [6, 6.07) is 12.0. The average molecular weight is 367 g/mol. The number of amides is 2. The molecule has 0 bridgehead atoms. The molecule has 3 heterocycles. The van der Waals surface area contributed by atoms with Crippen molar-refractivity contribution >= 4 is 17.5 Å². The lowest BCUT2D eigenvalue weighted by Gasteiger charge is -2.44. The van der Waals surface area contributed by atoms with Crippen LogP contribution >= 0.6 is 0 Å². The highest BCUT2D eigenvalue weighted by Gasteiger charge is 2.33. The fraction of sp³-hybridized carbons (Fsp3) is 0.450. The first kappa shape index (κ1) is 17.6. The molecule has 0 aliphatic carbocycles. The normalized spacial score (nSPS) is 19.8. The van der Waals surface area contributed by atoms with Crippen molar-refractivity contribution in [3.05, 3.63) is 47.8 Å². The van der Waals surface area contributed by atoms with Crippen molar-refractivity contribution < 1.29 is 9.59 Å². The number of carbonyl (C=O) groups excluding carboxylic acids is 2. The predicted molar refractivity (Wildman–Crippen MR) is 102 cm³/mol. The van der Waals surface area contributed by atoms with Gasteiger partial charge in [0.1, 0.15) is 0 Å². The maximum atomic E-state index is 13.4. The van der Waals surface area contributed by atoms with Gasteiger partial charge in [-0.1, -0.05) is 18.2 Å². The summed E-state index contributed by atoms with van der Waals surface area (Å²) in [5.74, 6) is -0.0300. The van der Waals surface area contributed by atoms with Crippen LogP contribution in [-0.2, 0) is 17.9 Å². The van der Waals surface area contributed by atoms with Crippen molar-refractivity contribution in [2.24, 2.45) is 0 Å². The second-order valence-electron chi connectivity index (χ2n) is 7.28. The Bertz CT molecular complexity index is 847. The fourth-order valence-electron chi connectivity index (χ4n) is 3.92. The fourth-order valence-corrected chi connectivity index (χ4v) is 3.92. The van der Waals surface area contributed by atoms with Crippen LogP contribution in [0.1, 0.15) is 42.9 Å². The topological polar surface area (TPSA) is 61.7 Å². The molecule has 1 atom stereocenters. The van der Waals surface area contributed by atoms with Gasteiger partial charge in [-0.05, 0) is 38.0 Å². The van der Waals surface area contributed by atoms with Crippen molar-refractivity contribution in [1.82, 2.24) is 19.7 Å². The van der Waals surface area contributed by atoms with Crippen molar-refractivity contribution in [3.63, 3.8) is 0 Å². The summed E-state index contributed by atoms with van der Waals surface area (Å²) in [5.41, 5.74) is 2.38. The Morgan fingerprint density at radius 3 is 2.63 bits per heavy atom. The van der Waals surface area contributed by atoms with Gasteiger partial charge in [0.2, 0.25) is 5.91 Å². The maximum Gasteiger partial charge on any atom is 0.293 e. The molecule has 4 rings (SSSR count). The first-order chi connectivity index (χ1) is 13.0. The SMILES string of the molecule is CC(=O)N1CCn2nc(C(=O)N3C(C)CCCN3c3ccccc3)cc2C1. The van der Waals surface area contributed by atoms with Crippen LogP contribution in [0.15, 0.2) is 36.4 Å². The van der Waals surface area contributed by atoms with Gasteiger partial charge in [-0.3, -0.25) is 19.3 Å². The number of para-hydroxylation sites is 1. The Kier molecular flexibility index (Phi) is 4.59. The summed E-state index contributed by atoms with van der Waals surface area (Å²) in [5, 5.41) is 8.45. The van der Waals surface area contributed by atoms with E-state index in [9.17, 15) is 9.59 Å². The second-order valence-corrected chi connectivity index (χ2v) is 7.28. The van der Waals surface area contributed by atoms with Crippen molar-refractivity contribution in [2.45, 2.75) is 45.8 Å². The summed E-state index contributed by atoms with van der Waals surface area (Å²) in [6.45, 7) is 6.24. The van der Waals surface area contributed by atoms with Gasteiger partial charge in [0.25, 0.3) is 5.91 Å². The molecule has 0 spiro atoms. The lowest BCUT2D eigenvalue weighted by atomic mass is 10.1. The highest BCUT2D eigenvalue weighted by Crippen LogP contribution is 2.27. The van der Waals surface area contributed by atoms with Crippen LogP contribution < -0.4 is 5.01 Å². The van der Waals surface area contributed by atoms with Crippen LogP contribution in [0, 0.1) is 0 Å². The molecule has 27 heavy (non-hydrogen) atoms. The third kappa shape index (κ3) is 3.29. The molecule has 2 aromatic rings. The van der Waals surface area contributed by atoms with Crippen LogP contribution in [0.5, 0.6) is 0 Å². The smallest absolute Gasteiger partial charge is 0.293 e. The maximum absolute atomic E-state index is 13.4. The number of hydrogen-bond acceptors (Lipinski definition) is 4. The Morgan fingerprint density at radius 1 is 1.11 bits per heavy atom. The molecule has 142 valence electrons.